The molecule has 2 N–H and O–H groups in total. The van der Waals surface area contributed by atoms with Crippen molar-refractivity contribution in [1.82, 2.24) is 0 Å². The molecule has 0 aliphatic carbocycles. The largest absolute Gasteiger partial charge is 0.322 e. The van der Waals surface area contributed by atoms with Gasteiger partial charge in [-0.25, -0.2) is 0 Å². The molecule has 15 heavy (non-hydrogen) atoms. The van der Waals surface area contributed by atoms with E-state index in [1.54, 1.807) is 11.8 Å². The third kappa shape index (κ3) is 3.71. The average molecular weight is 244 g/mol. The molecule has 0 amide bonds. The zero-order chi connectivity index (χ0) is 11.6. The van der Waals surface area contributed by atoms with E-state index >= 15 is 0 Å². The molecule has 0 atom stereocenters. The van der Waals surface area contributed by atoms with Crippen LogP contribution in [0.5, 0.6) is 0 Å². The highest BCUT2D eigenvalue weighted by Gasteiger charge is 2.15. The van der Waals surface area contributed by atoms with Crippen molar-refractivity contribution in [1.29, 1.82) is 0 Å². The molecular formula is C12H18ClNS. The number of nitrogens with two attached hydrogens (primary N) is 1. The molecule has 0 saturated heterocycles. The highest BCUT2D eigenvalue weighted by Crippen LogP contribution is 2.32. The minimum atomic E-state index is -0.329. The van der Waals surface area contributed by atoms with Gasteiger partial charge in [-0.05, 0) is 31.5 Å². The molecule has 0 radical (unpaired) electrons. The summed E-state index contributed by atoms with van der Waals surface area (Å²) >= 11 is 7.97. The lowest BCUT2D eigenvalue weighted by Crippen LogP contribution is -2.28. The molecule has 0 saturated carbocycles. The van der Waals surface area contributed by atoms with Crippen LogP contribution in [-0.4, -0.2) is 5.25 Å². The quantitative estimate of drug-likeness (QED) is 0.811. The summed E-state index contributed by atoms with van der Waals surface area (Å²) in [6.07, 6.45) is 0. The van der Waals surface area contributed by atoms with Gasteiger partial charge in [0.2, 0.25) is 0 Å². The first-order valence-corrected chi connectivity index (χ1v) is 6.32. The highest BCUT2D eigenvalue weighted by molar-refractivity contribution is 8.00. The van der Waals surface area contributed by atoms with Crippen molar-refractivity contribution in [3.05, 3.63) is 28.8 Å². The second-order valence-electron chi connectivity index (χ2n) is 4.53. The maximum atomic E-state index is 6.20. The second-order valence-corrected chi connectivity index (χ2v) is 6.56. The Kier molecular flexibility index (Phi) is 4.10. The van der Waals surface area contributed by atoms with Crippen LogP contribution in [0.4, 0.5) is 0 Å². The summed E-state index contributed by atoms with van der Waals surface area (Å²) in [6.45, 7) is 8.27. The monoisotopic (exact) mass is 243 g/mol. The SMILES string of the molecule is CC(C)Sc1ccc(C(C)(C)N)cc1Cl. The Hall–Kier alpha value is -0.180. The Morgan fingerprint density at radius 1 is 1.33 bits per heavy atom. The third-order valence-electron chi connectivity index (χ3n) is 2.04. The minimum Gasteiger partial charge on any atom is -0.322 e. The molecule has 0 unspecified atom stereocenters. The lowest BCUT2D eigenvalue weighted by Gasteiger charge is -2.20. The summed E-state index contributed by atoms with van der Waals surface area (Å²) in [4.78, 5) is 1.12. The normalized spacial score (nSPS) is 12.2. The Bertz CT molecular complexity index is 342. The van der Waals surface area contributed by atoms with Gasteiger partial charge in [0.1, 0.15) is 0 Å². The number of hydrogen-bond donors (Lipinski definition) is 1. The number of hydrogen-bond acceptors (Lipinski definition) is 2. The Morgan fingerprint density at radius 2 is 1.93 bits per heavy atom. The van der Waals surface area contributed by atoms with Crippen molar-refractivity contribution in [3.63, 3.8) is 0 Å². The highest BCUT2D eigenvalue weighted by atomic mass is 35.5. The first-order valence-electron chi connectivity index (χ1n) is 5.06. The third-order valence-corrected chi connectivity index (χ3v) is 3.54. The van der Waals surface area contributed by atoms with Gasteiger partial charge in [0.05, 0.1) is 5.02 Å². The molecule has 0 fully saturated rings. The van der Waals surface area contributed by atoms with E-state index in [1.165, 1.54) is 0 Å². The molecule has 1 nitrogen and oxygen atoms in total. The summed E-state index contributed by atoms with van der Waals surface area (Å²) in [7, 11) is 0. The topological polar surface area (TPSA) is 26.0 Å². The van der Waals surface area contributed by atoms with Crippen LogP contribution in [0.1, 0.15) is 33.3 Å². The summed E-state index contributed by atoms with van der Waals surface area (Å²) in [5.74, 6) is 0. The first kappa shape index (κ1) is 12.9. The number of benzene rings is 1. The van der Waals surface area contributed by atoms with Gasteiger partial charge in [-0.15, -0.1) is 11.8 Å². The van der Waals surface area contributed by atoms with Gasteiger partial charge in [0.25, 0.3) is 0 Å². The van der Waals surface area contributed by atoms with Crippen molar-refractivity contribution in [2.24, 2.45) is 5.73 Å². The van der Waals surface area contributed by atoms with E-state index in [1.807, 2.05) is 19.9 Å². The number of thioether (sulfide) groups is 1. The Balaban J connectivity index is 2.98. The smallest absolute Gasteiger partial charge is 0.0545 e. The Labute approximate surface area is 101 Å². The molecule has 84 valence electrons. The van der Waals surface area contributed by atoms with E-state index in [-0.39, 0.29) is 5.54 Å². The van der Waals surface area contributed by atoms with Crippen LogP contribution < -0.4 is 5.73 Å². The summed E-state index contributed by atoms with van der Waals surface area (Å²) in [5, 5.41) is 1.34. The molecule has 0 aliphatic heterocycles. The van der Waals surface area contributed by atoms with E-state index in [0.29, 0.717) is 5.25 Å². The standard InChI is InChI=1S/C12H18ClNS/c1-8(2)15-11-6-5-9(7-10(11)13)12(3,4)14/h5-8H,14H2,1-4H3. The van der Waals surface area contributed by atoms with Crippen LogP contribution >= 0.6 is 23.4 Å². The van der Waals surface area contributed by atoms with E-state index in [9.17, 15) is 0 Å². The van der Waals surface area contributed by atoms with Gasteiger partial charge < -0.3 is 5.73 Å². The Morgan fingerprint density at radius 3 is 2.33 bits per heavy atom. The van der Waals surface area contributed by atoms with Crippen molar-refractivity contribution < 1.29 is 0 Å². The molecule has 0 aromatic heterocycles. The zero-order valence-electron chi connectivity index (χ0n) is 9.67. The molecule has 1 aromatic rings. The van der Waals surface area contributed by atoms with E-state index in [2.05, 4.69) is 26.0 Å². The van der Waals surface area contributed by atoms with Gasteiger partial charge in [-0.3, -0.25) is 0 Å². The zero-order valence-corrected chi connectivity index (χ0v) is 11.2. The molecular weight excluding hydrogens is 226 g/mol. The minimum absolute atomic E-state index is 0.329. The molecule has 1 aromatic carbocycles. The average Bonchev–Trinajstić information content (AvgIpc) is 2.05. The van der Waals surface area contributed by atoms with Crippen molar-refractivity contribution in [3.8, 4) is 0 Å². The molecule has 3 heteroatoms. The van der Waals surface area contributed by atoms with Gasteiger partial charge >= 0.3 is 0 Å². The van der Waals surface area contributed by atoms with Crippen molar-refractivity contribution in [2.45, 2.75) is 43.4 Å². The fraction of sp³-hybridized carbons (Fsp3) is 0.500. The maximum Gasteiger partial charge on any atom is 0.0545 e. The maximum absolute atomic E-state index is 6.20. The van der Waals surface area contributed by atoms with Gasteiger partial charge in [-0.1, -0.05) is 31.5 Å². The molecule has 0 aliphatic rings. The predicted molar refractivity (Wildman–Crippen MR) is 69.7 cm³/mol. The fourth-order valence-corrected chi connectivity index (χ4v) is 2.39. The summed E-state index contributed by atoms with van der Waals surface area (Å²) in [5.41, 5.74) is 6.75. The van der Waals surface area contributed by atoms with Crippen LogP contribution in [0.25, 0.3) is 0 Å². The van der Waals surface area contributed by atoms with Crippen molar-refractivity contribution >= 4 is 23.4 Å². The molecule has 0 spiro atoms. The first-order chi connectivity index (χ1) is 6.80. The van der Waals surface area contributed by atoms with Crippen LogP contribution in [0.3, 0.4) is 0 Å². The molecule has 0 heterocycles. The lowest BCUT2D eigenvalue weighted by atomic mass is 9.96. The van der Waals surface area contributed by atoms with Crippen molar-refractivity contribution in [2.75, 3.05) is 0 Å². The summed E-state index contributed by atoms with van der Waals surface area (Å²) in [6, 6.07) is 6.07. The fourth-order valence-electron chi connectivity index (χ4n) is 1.25. The van der Waals surface area contributed by atoms with Gasteiger partial charge in [0, 0.05) is 15.7 Å². The van der Waals surface area contributed by atoms with Crippen LogP contribution in [-0.2, 0) is 5.54 Å². The van der Waals surface area contributed by atoms with Crippen LogP contribution in [0.15, 0.2) is 23.1 Å². The van der Waals surface area contributed by atoms with Crippen LogP contribution in [0.2, 0.25) is 5.02 Å². The molecule has 1 rings (SSSR count). The number of rotatable bonds is 3. The van der Waals surface area contributed by atoms with Gasteiger partial charge in [-0.2, -0.15) is 0 Å². The van der Waals surface area contributed by atoms with E-state index < -0.39 is 0 Å². The summed E-state index contributed by atoms with van der Waals surface area (Å²) < 4.78 is 0. The number of halogens is 1. The molecule has 0 bridgehead atoms. The van der Waals surface area contributed by atoms with Gasteiger partial charge in [0.15, 0.2) is 0 Å². The van der Waals surface area contributed by atoms with Crippen LogP contribution in [0, 0.1) is 0 Å². The van der Waals surface area contributed by atoms with E-state index in [0.717, 1.165) is 15.5 Å². The van der Waals surface area contributed by atoms with E-state index in [4.69, 9.17) is 17.3 Å². The predicted octanol–water partition coefficient (Wildman–Crippen LogP) is 4.03. The lowest BCUT2D eigenvalue weighted by molar-refractivity contribution is 0.554. The second kappa shape index (κ2) is 4.77.